The normalized spacial score (nSPS) is 11.9. The van der Waals surface area contributed by atoms with Gasteiger partial charge in [-0.25, -0.2) is 18.9 Å². The zero-order valence-corrected chi connectivity index (χ0v) is 21.2. The molecule has 5 rings (SSSR count). The monoisotopic (exact) mass is 542 g/mol. The van der Waals surface area contributed by atoms with E-state index in [4.69, 9.17) is 23.2 Å². The lowest BCUT2D eigenvalue weighted by Gasteiger charge is -2.16. The molecule has 37 heavy (non-hydrogen) atoms. The fraction of sp³-hybridized carbons (Fsp3) is 0.148. The van der Waals surface area contributed by atoms with Crippen LogP contribution >= 0.6 is 23.2 Å². The van der Waals surface area contributed by atoms with Crippen molar-refractivity contribution in [3.63, 3.8) is 0 Å². The number of rotatable bonds is 4. The van der Waals surface area contributed by atoms with Crippen LogP contribution in [0.2, 0.25) is 10.0 Å². The molecule has 0 unspecified atom stereocenters. The van der Waals surface area contributed by atoms with Gasteiger partial charge in [0.25, 0.3) is 0 Å². The van der Waals surface area contributed by atoms with E-state index < -0.39 is 17.6 Å². The first-order valence-electron chi connectivity index (χ1n) is 11.2. The van der Waals surface area contributed by atoms with Gasteiger partial charge in [0.1, 0.15) is 5.69 Å². The summed E-state index contributed by atoms with van der Waals surface area (Å²) in [5, 5.41) is 5.61. The quantitative estimate of drug-likeness (QED) is 0.241. The minimum Gasteiger partial charge on any atom is -0.248 e. The average molecular weight is 543 g/mol. The summed E-state index contributed by atoms with van der Waals surface area (Å²) in [5.74, 6) is 0. The molecule has 0 saturated heterocycles. The lowest BCUT2D eigenvalue weighted by atomic mass is 9.93. The van der Waals surface area contributed by atoms with Crippen LogP contribution in [0.1, 0.15) is 22.6 Å². The fourth-order valence-corrected chi connectivity index (χ4v) is 4.74. The Morgan fingerprint density at radius 3 is 2.27 bits per heavy atom. The predicted molar refractivity (Wildman–Crippen MR) is 138 cm³/mol. The highest BCUT2D eigenvalue weighted by Gasteiger charge is 2.32. The Kier molecular flexibility index (Phi) is 6.33. The van der Waals surface area contributed by atoms with Gasteiger partial charge in [0.15, 0.2) is 5.65 Å². The van der Waals surface area contributed by atoms with E-state index in [9.17, 15) is 18.0 Å². The van der Waals surface area contributed by atoms with Crippen LogP contribution in [-0.4, -0.2) is 19.2 Å². The highest BCUT2D eigenvalue weighted by Crippen LogP contribution is 2.39. The van der Waals surface area contributed by atoms with Crippen molar-refractivity contribution in [3.8, 4) is 22.3 Å². The first-order valence-corrected chi connectivity index (χ1v) is 12.0. The maximum absolute atomic E-state index is 13.5. The first-order chi connectivity index (χ1) is 17.5. The third-order valence-electron chi connectivity index (χ3n) is 6.21. The summed E-state index contributed by atoms with van der Waals surface area (Å²) in [4.78, 5) is 17.1. The van der Waals surface area contributed by atoms with Crippen LogP contribution in [-0.2, 0) is 12.7 Å². The van der Waals surface area contributed by atoms with Crippen molar-refractivity contribution in [2.75, 3.05) is 0 Å². The Bertz CT molecular complexity index is 1710. The molecule has 0 spiro atoms. The molecule has 3 aromatic heterocycles. The lowest BCUT2D eigenvalue weighted by Crippen LogP contribution is -2.23. The van der Waals surface area contributed by atoms with Crippen molar-refractivity contribution in [2.24, 2.45) is 0 Å². The molecule has 0 atom stereocenters. The van der Waals surface area contributed by atoms with Crippen molar-refractivity contribution in [3.05, 3.63) is 110 Å². The van der Waals surface area contributed by atoms with Crippen LogP contribution in [0.3, 0.4) is 0 Å². The number of hydrogen-bond donors (Lipinski definition) is 0. The van der Waals surface area contributed by atoms with Gasteiger partial charge in [-0.05, 0) is 60.9 Å². The van der Waals surface area contributed by atoms with E-state index in [2.05, 4.69) is 10.1 Å². The molecule has 0 amide bonds. The number of benzene rings is 2. The molecule has 188 valence electrons. The van der Waals surface area contributed by atoms with Gasteiger partial charge in [-0.1, -0.05) is 59.6 Å². The summed E-state index contributed by atoms with van der Waals surface area (Å²) < 4.78 is 41.8. The van der Waals surface area contributed by atoms with Crippen molar-refractivity contribution >= 4 is 28.8 Å². The van der Waals surface area contributed by atoms with Crippen LogP contribution in [0.5, 0.6) is 0 Å². The molecular weight excluding hydrogens is 524 g/mol. The molecule has 0 bridgehead atoms. The highest BCUT2D eigenvalue weighted by atomic mass is 35.5. The molecular formula is C27H19Cl2F3N4O. The summed E-state index contributed by atoms with van der Waals surface area (Å²) in [6, 6.07) is 18.7. The molecule has 3 heterocycles. The Morgan fingerprint density at radius 2 is 1.62 bits per heavy atom. The molecule has 0 aliphatic carbocycles. The number of pyridine rings is 2. The number of halogens is 5. The average Bonchev–Trinajstić information content (AvgIpc) is 3.16. The van der Waals surface area contributed by atoms with Gasteiger partial charge in [-0.3, -0.25) is 0 Å². The van der Waals surface area contributed by atoms with Gasteiger partial charge in [0.2, 0.25) is 0 Å². The second kappa shape index (κ2) is 9.36. The Labute approximate surface area is 219 Å². The van der Waals surface area contributed by atoms with Crippen molar-refractivity contribution in [1.82, 2.24) is 19.2 Å². The Balaban J connectivity index is 1.70. The number of nitrogens with zero attached hydrogens (tertiary/aromatic N) is 4. The van der Waals surface area contributed by atoms with Gasteiger partial charge in [0.05, 0.1) is 6.54 Å². The third-order valence-corrected chi connectivity index (χ3v) is 6.79. The summed E-state index contributed by atoms with van der Waals surface area (Å²) in [7, 11) is 0. The summed E-state index contributed by atoms with van der Waals surface area (Å²) in [5.41, 5.74) is 3.40. The van der Waals surface area contributed by atoms with Crippen molar-refractivity contribution in [2.45, 2.75) is 26.6 Å². The largest absolute Gasteiger partial charge is 0.433 e. The second-order valence-corrected chi connectivity index (χ2v) is 9.42. The zero-order chi connectivity index (χ0) is 26.5. The fourth-order valence-electron chi connectivity index (χ4n) is 4.38. The van der Waals surface area contributed by atoms with Gasteiger partial charge in [0, 0.05) is 32.6 Å². The summed E-state index contributed by atoms with van der Waals surface area (Å²) in [6.45, 7) is 3.25. The van der Waals surface area contributed by atoms with E-state index in [1.807, 2.05) is 37.3 Å². The van der Waals surface area contributed by atoms with Gasteiger partial charge >= 0.3 is 11.9 Å². The maximum atomic E-state index is 13.5. The molecule has 0 aliphatic rings. The summed E-state index contributed by atoms with van der Waals surface area (Å²) >= 11 is 12.7. The first kappa shape index (κ1) is 25.0. The minimum atomic E-state index is -4.55. The molecule has 5 nitrogen and oxygen atoms in total. The molecule has 0 aliphatic heterocycles. The van der Waals surface area contributed by atoms with Crippen LogP contribution in [0.15, 0.2) is 71.5 Å². The molecule has 0 N–H and O–H groups in total. The number of alkyl halides is 3. The van der Waals surface area contributed by atoms with Gasteiger partial charge in [-0.2, -0.15) is 13.2 Å². The molecule has 2 aromatic carbocycles. The smallest absolute Gasteiger partial charge is 0.248 e. The third kappa shape index (κ3) is 4.63. The standard InChI is InChI=1S/C27H19Cl2F3N4O/c1-15-18(9-12-23(33-15)27(30,31)32)14-35-26(37)36-16(2)25(20-5-3-4-6-22(20)29)21(13-24(36)34-35)17-7-10-19(28)11-8-17/h3-13H,14H2,1-2H3. The molecule has 5 aromatic rings. The Hall–Kier alpha value is -3.62. The molecule has 10 heteroatoms. The molecule has 0 radical (unpaired) electrons. The lowest BCUT2D eigenvalue weighted by molar-refractivity contribution is -0.141. The van der Waals surface area contributed by atoms with E-state index in [0.29, 0.717) is 26.9 Å². The van der Waals surface area contributed by atoms with Crippen LogP contribution in [0, 0.1) is 13.8 Å². The van der Waals surface area contributed by atoms with Crippen molar-refractivity contribution < 1.29 is 13.2 Å². The van der Waals surface area contributed by atoms with Crippen molar-refractivity contribution in [1.29, 1.82) is 0 Å². The maximum Gasteiger partial charge on any atom is 0.433 e. The molecule has 0 fully saturated rings. The SMILES string of the molecule is Cc1nc(C(F)(F)F)ccc1Cn1nc2cc(-c3ccc(Cl)cc3)c(-c3ccccc3Cl)c(C)n2c1=O. The van der Waals surface area contributed by atoms with E-state index in [1.165, 1.54) is 22.1 Å². The topological polar surface area (TPSA) is 52.2 Å². The number of aromatic nitrogens is 4. The zero-order valence-electron chi connectivity index (χ0n) is 19.6. The van der Waals surface area contributed by atoms with Crippen LogP contribution in [0.25, 0.3) is 27.9 Å². The minimum absolute atomic E-state index is 0.0331. The highest BCUT2D eigenvalue weighted by molar-refractivity contribution is 6.33. The number of aryl methyl sites for hydroxylation is 2. The van der Waals surface area contributed by atoms with Crippen LogP contribution < -0.4 is 5.69 Å². The van der Waals surface area contributed by atoms with Crippen LogP contribution in [0.4, 0.5) is 13.2 Å². The predicted octanol–water partition coefficient (Wildman–Crippen LogP) is 7.22. The van der Waals surface area contributed by atoms with E-state index in [1.54, 1.807) is 24.3 Å². The Morgan fingerprint density at radius 1 is 0.919 bits per heavy atom. The van der Waals surface area contributed by atoms with E-state index in [-0.39, 0.29) is 12.2 Å². The molecule has 0 saturated carbocycles. The van der Waals surface area contributed by atoms with E-state index >= 15 is 0 Å². The number of fused-ring (bicyclic) bond motifs is 1. The second-order valence-electron chi connectivity index (χ2n) is 8.58. The van der Waals surface area contributed by atoms with E-state index in [0.717, 1.165) is 28.3 Å². The van der Waals surface area contributed by atoms with Gasteiger partial charge in [-0.15, -0.1) is 5.10 Å². The number of hydrogen-bond acceptors (Lipinski definition) is 3. The van der Waals surface area contributed by atoms with Gasteiger partial charge < -0.3 is 0 Å². The summed E-state index contributed by atoms with van der Waals surface area (Å²) in [6.07, 6.45) is -4.55.